The molecule has 1 unspecified atom stereocenters. The zero-order chi connectivity index (χ0) is 14.3. The summed E-state index contributed by atoms with van der Waals surface area (Å²) in [7, 11) is 0. The Morgan fingerprint density at radius 2 is 1.84 bits per heavy atom. The Kier molecular flexibility index (Phi) is 3.83. The van der Waals surface area contributed by atoms with Crippen molar-refractivity contribution in [1.82, 2.24) is 4.57 Å². The minimum atomic E-state index is 0.211. The molecule has 19 heavy (non-hydrogen) atoms. The first-order valence-electron chi connectivity index (χ1n) is 7.85. The first-order chi connectivity index (χ1) is 8.89. The molecule has 2 N–H and O–H groups in total. The molecule has 1 aliphatic rings. The molecule has 2 nitrogen and oxygen atoms in total. The van der Waals surface area contributed by atoms with E-state index in [4.69, 9.17) is 5.73 Å². The maximum Gasteiger partial charge on any atom is 0.0434 e. The molecule has 0 saturated heterocycles. The summed E-state index contributed by atoms with van der Waals surface area (Å²) in [5.41, 5.74) is 9.87. The van der Waals surface area contributed by atoms with Crippen LogP contribution in [0, 0.1) is 5.41 Å². The topological polar surface area (TPSA) is 30.9 Å². The van der Waals surface area contributed by atoms with Crippen molar-refractivity contribution in [3.05, 3.63) is 23.5 Å². The van der Waals surface area contributed by atoms with Gasteiger partial charge in [0, 0.05) is 23.5 Å². The highest BCUT2D eigenvalue weighted by Gasteiger charge is 2.36. The van der Waals surface area contributed by atoms with Crippen molar-refractivity contribution in [2.75, 3.05) is 0 Å². The van der Waals surface area contributed by atoms with Gasteiger partial charge in [-0.3, -0.25) is 0 Å². The van der Waals surface area contributed by atoms with E-state index in [1.54, 1.807) is 0 Å². The van der Waals surface area contributed by atoms with Crippen molar-refractivity contribution in [2.45, 2.75) is 78.3 Å². The number of nitrogens with zero attached hydrogens (tertiary/aromatic N) is 1. The fourth-order valence-electron chi connectivity index (χ4n) is 3.94. The second-order valence-electron chi connectivity index (χ2n) is 7.02. The molecule has 0 fully saturated rings. The zero-order valence-electron chi connectivity index (χ0n) is 13.3. The Bertz CT molecular complexity index is 430. The van der Waals surface area contributed by atoms with E-state index < -0.39 is 0 Å². The monoisotopic (exact) mass is 262 g/mol. The maximum atomic E-state index is 6.39. The van der Waals surface area contributed by atoms with Crippen LogP contribution in [0.5, 0.6) is 0 Å². The van der Waals surface area contributed by atoms with Crippen molar-refractivity contribution < 1.29 is 0 Å². The molecule has 2 heteroatoms. The largest absolute Gasteiger partial charge is 0.345 e. The first-order valence-corrected chi connectivity index (χ1v) is 7.85. The van der Waals surface area contributed by atoms with E-state index in [2.05, 4.69) is 51.4 Å². The lowest BCUT2D eigenvalue weighted by molar-refractivity contribution is 0.219. The van der Waals surface area contributed by atoms with Crippen LogP contribution in [0.25, 0.3) is 0 Å². The average Bonchev–Trinajstić information content (AvgIpc) is 2.75. The van der Waals surface area contributed by atoms with Gasteiger partial charge in [0.1, 0.15) is 0 Å². The molecule has 0 bridgehead atoms. The van der Waals surface area contributed by atoms with Crippen LogP contribution in [0.15, 0.2) is 12.3 Å². The highest BCUT2D eigenvalue weighted by atomic mass is 15.1. The summed E-state index contributed by atoms with van der Waals surface area (Å²) in [4.78, 5) is 0. The maximum absolute atomic E-state index is 6.39. The van der Waals surface area contributed by atoms with Gasteiger partial charge in [-0.15, -0.1) is 0 Å². The van der Waals surface area contributed by atoms with Gasteiger partial charge >= 0.3 is 0 Å². The quantitative estimate of drug-likeness (QED) is 0.857. The smallest absolute Gasteiger partial charge is 0.0434 e. The van der Waals surface area contributed by atoms with E-state index in [1.165, 1.54) is 30.5 Å². The molecule has 1 heterocycles. The van der Waals surface area contributed by atoms with Gasteiger partial charge < -0.3 is 10.3 Å². The molecular weight excluding hydrogens is 232 g/mol. The second-order valence-corrected chi connectivity index (χ2v) is 7.02. The average molecular weight is 262 g/mol. The predicted molar refractivity (Wildman–Crippen MR) is 82.3 cm³/mol. The Hall–Kier alpha value is -0.760. The molecule has 0 aliphatic heterocycles. The minimum absolute atomic E-state index is 0.211. The second kappa shape index (κ2) is 4.97. The number of hydrogen-bond acceptors (Lipinski definition) is 1. The lowest BCUT2D eigenvalue weighted by atomic mass is 9.74. The van der Waals surface area contributed by atoms with Crippen molar-refractivity contribution in [2.24, 2.45) is 11.1 Å². The molecule has 108 valence electrons. The molecule has 1 aromatic rings. The van der Waals surface area contributed by atoms with Gasteiger partial charge in [-0.1, -0.05) is 34.6 Å². The van der Waals surface area contributed by atoms with Crippen LogP contribution < -0.4 is 5.73 Å². The summed E-state index contributed by atoms with van der Waals surface area (Å²) < 4.78 is 2.56. The zero-order valence-corrected chi connectivity index (χ0v) is 13.3. The van der Waals surface area contributed by atoms with Crippen molar-refractivity contribution >= 4 is 0 Å². The summed E-state index contributed by atoms with van der Waals surface area (Å²) in [5, 5.41) is 0. The lowest BCUT2D eigenvalue weighted by Gasteiger charge is -2.40. The highest BCUT2D eigenvalue weighted by molar-refractivity contribution is 5.31. The van der Waals surface area contributed by atoms with Crippen molar-refractivity contribution in [1.29, 1.82) is 0 Å². The summed E-state index contributed by atoms with van der Waals surface area (Å²) in [5.74, 6) is 0. The van der Waals surface area contributed by atoms with E-state index >= 15 is 0 Å². The summed E-state index contributed by atoms with van der Waals surface area (Å²) in [6.07, 6.45) is 8.12. The Labute approximate surface area is 118 Å². The van der Waals surface area contributed by atoms with Gasteiger partial charge in [0.25, 0.3) is 0 Å². The van der Waals surface area contributed by atoms with Crippen LogP contribution in [0.3, 0.4) is 0 Å². The predicted octanol–water partition coefficient (Wildman–Crippen LogP) is 4.39. The number of aromatic nitrogens is 1. The normalized spacial score (nSPS) is 22.3. The fourth-order valence-corrected chi connectivity index (χ4v) is 3.94. The Morgan fingerprint density at radius 3 is 2.37 bits per heavy atom. The molecule has 1 aromatic heterocycles. The molecule has 0 aromatic carbocycles. The van der Waals surface area contributed by atoms with Crippen LogP contribution in [0.4, 0.5) is 0 Å². The van der Waals surface area contributed by atoms with E-state index in [1.807, 2.05) is 0 Å². The Balaban J connectivity index is 2.51. The SMILES string of the molecule is CCC(CC)(CC)n1ccc2c1CC(C)(C)CC2N. The van der Waals surface area contributed by atoms with Gasteiger partial charge in [-0.05, 0) is 49.1 Å². The molecule has 1 aliphatic carbocycles. The molecule has 0 spiro atoms. The molecule has 0 radical (unpaired) electrons. The van der Waals surface area contributed by atoms with Crippen LogP contribution in [-0.2, 0) is 12.0 Å². The molecule has 0 saturated carbocycles. The Morgan fingerprint density at radius 1 is 1.26 bits per heavy atom. The van der Waals surface area contributed by atoms with Crippen LogP contribution >= 0.6 is 0 Å². The van der Waals surface area contributed by atoms with Gasteiger partial charge in [-0.25, -0.2) is 0 Å². The summed E-state index contributed by atoms with van der Waals surface area (Å²) in [6, 6.07) is 2.48. The number of fused-ring (bicyclic) bond motifs is 1. The molecular formula is C17H30N2. The fraction of sp³-hybridized carbons (Fsp3) is 0.765. The molecule has 0 amide bonds. The van der Waals surface area contributed by atoms with E-state index in [9.17, 15) is 0 Å². The van der Waals surface area contributed by atoms with Crippen molar-refractivity contribution in [3.63, 3.8) is 0 Å². The van der Waals surface area contributed by atoms with Crippen LogP contribution in [-0.4, -0.2) is 4.57 Å². The van der Waals surface area contributed by atoms with Gasteiger partial charge in [0.2, 0.25) is 0 Å². The van der Waals surface area contributed by atoms with Gasteiger partial charge in [0.15, 0.2) is 0 Å². The minimum Gasteiger partial charge on any atom is -0.345 e. The van der Waals surface area contributed by atoms with E-state index in [-0.39, 0.29) is 11.6 Å². The number of nitrogens with two attached hydrogens (primary N) is 1. The van der Waals surface area contributed by atoms with Gasteiger partial charge in [0.05, 0.1) is 0 Å². The van der Waals surface area contributed by atoms with Crippen LogP contribution in [0.1, 0.15) is 77.6 Å². The number of rotatable bonds is 4. The molecule has 2 rings (SSSR count). The standard InChI is InChI=1S/C17H30N2/c1-6-17(7-2,8-3)19-10-9-13-14(18)11-16(4,5)12-15(13)19/h9-10,14H,6-8,11-12,18H2,1-5H3. The van der Waals surface area contributed by atoms with E-state index in [0.29, 0.717) is 5.41 Å². The van der Waals surface area contributed by atoms with Crippen molar-refractivity contribution in [3.8, 4) is 0 Å². The summed E-state index contributed by atoms with van der Waals surface area (Å²) >= 11 is 0. The highest BCUT2D eigenvalue weighted by Crippen LogP contribution is 2.43. The number of hydrogen-bond donors (Lipinski definition) is 1. The third kappa shape index (κ3) is 2.35. The first kappa shape index (κ1) is 14.6. The van der Waals surface area contributed by atoms with E-state index in [0.717, 1.165) is 12.8 Å². The lowest BCUT2D eigenvalue weighted by Crippen LogP contribution is -2.36. The van der Waals surface area contributed by atoms with Crippen LogP contribution in [0.2, 0.25) is 0 Å². The third-order valence-corrected chi connectivity index (χ3v) is 5.33. The summed E-state index contributed by atoms with van der Waals surface area (Å²) in [6.45, 7) is 11.6. The third-order valence-electron chi connectivity index (χ3n) is 5.33. The molecule has 1 atom stereocenters. The van der Waals surface area contributed by atoms with Gasteiger partial charge in [-0.2, -0.15) is 0 Å².